The zero-order valence-corrected chi connectivity index (χ0v) is 19.8. The molecule has 1 fully saturated rings. The van der Waals surface area contributed by atoms with Crippen LogP contribution in [0.15, 0.2) is 47.3 Å². The Balaban J connectivity index is 1.78. The van der Waals surface area contributed by atoms with E-state index in [1.165, 1.54) is 16.7 Å². The third-order valence-corrected chi connectivity index (χ3v) is 6.48. The smallest absolute Gasteiger partial charge is 0.266 e. The fourth-order valence-electron chi connectivity index (χ4n) is 3.95. The molecular formula is C23H18FIN8O. The third-order valence-electron chi connectivity index (χ3n) is 5.66. The zero-order valence-electron chi connectivity index (χ0n) is 17.7. The highest BCUT2D eigenvalue weighted by Gasteiger charge is 2.37. The van der Waals surface area contributed by atoms with Crippen molar-refractivity contribution in [3.63, 3.8) is 0 Å². The summed E-state index contributed by atoms with van der Waals surface area (Å²) in [4.78, 5) is 26.6. The lowest BCUT2D eigenvalue weighted by molar-refractivity contribution is 0.607. The fraction of sp³-hybridized carbons (Fsp3) is 0.174. The molecule has 5 N–H and O–H groups in total. The van der Waals surface area contributed by atoms with E-state index in [2.05, 4.69) is 15.3 Å². The summed E-state index contributed by atoms with van der Waals surface area (Å²) >= 11 is 1.98. The SMILES string of the molecule is N#Cc1c(N)nc(N)nc1N[C@H](c1nc2c(I)cc(F)cc2c(=O)n1-c1ccccc1)C1CC1. The molecule has 0 saturated heterocycles. The van der Waals surface area contributed by atoms with Crippen molar-refractivity contribution in [3.05, 3.63) is 73.6 Å². The maximum atomic E-state index is 14.2. The van der Waals surface area contributed by atoms with Crippen LogP contribution in [0.25, 0.3) is 16.6 Å². The number of nitrogen functional groups attached to an aromatic ring is 2. The Morgan fingerprint density at radius 3 is 2.59 bits per heavy atom. The van der Waals surface area contributed by atoms with Crippen LogP contribution in [0.5, 0.6) is 0 Å². The van der Waals surface area contributed by atoms with Gasteiger partial charge < -0.3 is 16.8 Å². The summed E-state index contributed by atoms with van der Waals surface area (Å²) in [7, 11) is 0. The van der Waals surface area contributed by atoms with Gasteiger partial charge >= 0.3 is 0 Å². The number of rotatable bonds is 5. The van der Waals surface area contributed by atoms with Gasteiger partial charge in [0.25, 0.3) is 5.56 Å². The fourth-order valence-corrected chi connectivity index (χ4v) is 4.66. The van der Waals surface area contributed by atoms with E-state index in [-0.39, 0.29) is 34.5 Å². The first kappa shape index (κ1) is 22.0. The first-order valence-electron chi connectivity index (χ1n) is 10.4. The number of nitrogens with two attached hydrogens (primary N) is 2. The second-order valence-corrected chi connectivity index (χ2v) is 9.15. The second kappa shape index (κ2) is 8.53. The number of aromatic nitrogens is 4. The molecule has 4 aromatic rings. The molecule has 0 bridgehead atoms. The van der Waals surface area contributed by atoms with Crippen molar-refractivity contribution in [2.75, 3.05) is 16.8 Å². The molecule has 2 aromatic heterocycles. The summed E-state index contributed by atoms with van der Waals surface area (Å²) < 4.78 is 16.2. The molecule has 1 aliphatic carbocycles. The predicted molar refractivity (Wildman–Crippen MR) is 135 cm³/mol. The van der Waals surface area contributed by atoms with Gasteiger partial charge in [0.1, 0.15) is 29.1 Å². The maximum Gasteiger partial charge on any atom is 0.266 e. The van der Waals surface area contributed by atoms with Crippen molar-refractivity contribution in [2.24, 2.45) is 5.92 Å². The molecule has 11 heteroatoms. The van der Waals surface area contributed by atoms with Crippen LogP contribution >= 0.6 is 22.6 Å². The Hall–Kier alpha value is -3.79. The standard InChI is InChI=1S/C23H18FIN8O/c24-12-8-14-18(16(25)9-12)30-21(33(22(14)34)13-4-2-1-3-5-13)17(11-6-7-11)29-20-15(10-26)19(27)31-23(28)32-20/h1-5,8-9,11,17H,6-7H2,(H5,27,28,29,31,32)/t17-/m0/s1. The second-order valence-electron chi connectivity index (χ2n) is 7.99. The molecule has 5 rings (SSSR count). The van der Waals surface area contributed by atoms with Crippen LogP contribution in [-0.2, 0) is 0 Å². The van der Waals surface area contributed by atoms with Gasteiger partial charge in [-0.1, -0.05) is 18.2 Å². The Bertz CT molecular complexity index is 1530. The number of anilines is 3. The Morgan fingerprint density at radius 2 is 1.91 bits per heavy atom. The molecule has 1 aliphatic rings. The van der Waals surface area contributed by atoms with Crippen molar-refractivity contribution < 1.29 is 4.39 Å². The monoisotopic (exact) mass is 568 g/mol. The van der Waals surface area contributed by atoms with Crippen LogP contribution < -0.4 is 22.3 Å². The molecular weight excluding hydrogens is 550 g/mol. The summed E-state index contributed by atoms with van der Waals surface area (Å²) in [6.07, 6.45) is 1.78. The van der Waals surface area contributed by atoms with Gasteiger partial charge in [0.2, 0.25) is 5.95 Å². The van der Waals surface area contributed by atoms with Gasteiger partial charge in [0.15, 0.2) is 5.82 Å². The molecule has 0 aliphatic heterocycles. The number of benzene rings is 2. The number of nitriles is 1. The minimum absolute atomic E-state index is 0.0380. The molecule has 34 heavy (non-hydrogen) atoms. The number of nitrogens with zero attached hydrogens (tertiary/aromatic N) is 5. The highest BCUT2D eigenvalue weighted by molar-refractivity contribution is 14.1. The van der Waals surface area contributed by atoms with E-state index < -0.39 is 17.4 Å². The van der Waals surface area contributed by atoms with Crippen LogP contribution in [0.2, 0.25) is 0 Å². The van der Waals surface area contributed by atoms with Crippen LogP contribution in [0.4, 0.5) is 22.0 Å². The largest absolute Gasteiger partial charge is 0.382 e. The van der Waals surface area contributed by atoms with Crippen molar-refractivity contribution in [2.45, 2.75) is 18.9 Å². The summed E-state index contributed by atoms with van der Waals surface area (Å²) in [5, 5.41) is 13.0. The lowest BCUT2D eigenvalue weighted by Gasteiger charge is -2.24. The van der Waals surface area contributed by atoms with Gasteiger partial charge in [-0.25, -0.2) is 9.37 Å². The van der Waals surface area contributed by atoms with Gasteiger partial charge in [0, 0.05) is 3.57 Å². The number of hydrogen-bond donors (Lipinski definition) is 3. The first-order chi connectivity index (χ1) is 16.4. The minimum Gasteiger partial charge on any atom is -0.382 e. The topological polar surface area (TPSA) is 149 Å². The molecule has 2 heterocycles. The van der Waals surface area contributed by atoms with Crippen LogP contribution in [0.3, 0.4) is 0 Å². The molecule has 1 atom stereocenters. The summed E-state index contributed by atoms with van der Waals surface area (Å²) in [5.74, 6) is 0.101. The van der Waals surface area contributed by atoms with Crippen LogP contribution in [0.1, 0.15) is 30.3 Å². The van der Waals surface area contributed by atoms with Crippen LogP contribution in [-0.4, -0.2) is 19.5 Å². The average molecular weight is 568 g/mol. The summed E-state index contributed by atoms with van der Waals surface area (Å²) in [6, 6.07) is 13.1. The highest BCUT2D eigenvalue weighted by Crippen LogP contribution is 2.43. The van der Waals surface area contributed by atoms with E-state index >= 15 is 0 Å². The lowest BCUT2D eigenvalue weighted by atomic mass is 10.1. The maximum absolute atomic E-state index is 14.2. The number of para-hydroxylation sites is 1. The molecule has 170 valence electrons. The number of halogens is 2. The lowest BCUT2D eigenvalue weighted by Crippen LogP contribution is -2.30. The van der Waals surface area contributed by atoms with E-state index in [0.717, 1.165) is 12.8 Å². The normalized spacial score (nSPS) is 14.0. The molecule has 2 aromatic carbocycles. The minimum atomic E-state index is -0.509. The van der Waals surface area contributed by atoms with Gasteiger partial charge in [-0.2, -0.15) is 15.2 Å². The average Bonchev–Trinajstić information content (AvgIpc) is 3.63. The first-order valence-corrected chi connectivity index (χ1v) is 11.5. The number of hydrogen-bond acceptors (Lipinski definition) is 8. The Kier molecular flexibility index (Phi) is 5.52. The van der Waals surface area contributed by atoms with E-state index in [1.54, 1.807) is 12.1 Å². The van der Waals surface area contributed by atoms with Gasteiger partial charge in [0.05, 0.1) is 22.6 Å². The molecule has 1 saturated carbocycles. The summed E-state index contributed by atoms with van der Waals surface area (Å²) in [5.41, 5.74) is 12.3. The van der Waals surface area contributed by atoms with Crippen molar-refractivity contribution in [1.82, 2.24) is 19.5 Å². The summed E-state index contributed by atoms with van der Waals surface area (Å²) in [6.45, 7) is 0. The molecule has 0 amide bonds. The van der Waals surface area contributed by atoms with E-state index in [1.807, 2.05) is 46.9 Å². The Labute approximate surface area is 206 Å². The van der Waals surface area contributed by atoms with E-state index in [0.29, 0.717) is 20.6 Å². The van der Waals surface area contributed by atoms with Crippen LogP contribution in [0, 0.1) is 26.6 Å². The molecule has 9 nitrogen and oxygen atoms in total. The third kappa shape index (κ3) is 3.90. The molecule has 0 spiro atoms. The highest BCUT2D eigenvalue weighted by atomic mass is 127. The number of nitrogens with one attached hydrogen (secondary N) is 1. The van der Waals surface area contributed by atoms with Gasteiger partial charge in [-0.15, -0.1) is 0 Å². The Morgan fingerprint density at radius 1 is 1.18 bits per heavy atom. The number of fused-ring (bicyclic) bond motifs is 1. The van der Waals surface area contributed by atoms with Gasteiger partial charge in [-0.3, -0.25) is 9.36 Å². The molecule has 0 unspecified atom stereocenters. The predicted octanol–water partition coefficient (Wildman–Crippen LogP) is 3.52. The van der Waals surface area contributed by atoms with Crippen molar-refractivity contribution in [3.8, 4) is 11.8 Å². The van der Waals surface area contributed by atoms with E-state index in [4.69, 9.17) is 16.5 Å². The van der Waals surface area contributed by atoms with Gasteiger partial charge in [-0.05, 0) is 65.6 Å². The van der Waals surface area contributed by atoms with Crippen molar-refractivity contribution >= 4 is 51.1 Å². The van der Waals surface area contributed by atoms with E-state index in [9.17, 15) is 14.4 Å². The van der Waals surface area contributed by atoms with Crippen molar-refractivity contribution in [1.29, 1.82) is 5.26 Å². The quantitative estimate of drug-likeness (QED) is 0.310. The molecule has 0 radical (unpaired) electrons. The zero-order chi connectivity index (χ0) is 24.0.